The van der Waals surface area contributed by atoms with Gasteiger partial charge in [-0.1, -0.05) is 26.2 Å². The molecule has 0 bridgehead atoms. The lowest BCUT2D eigenvalue weighted by Gasteiger charge is -2.18. The van der Waals surface area contributed by atoms with E-state index in [1.165, 1.54) is 0 Å². The van der Waals surface area contributed by atoms with Crippen molar-refractivity contribution in [2.24, 2.45) is 10.2 Å². The molecule has 0 spiro atoms. The van der Waals surface area contributed by atoms with Crippen molar-refractivity contribution in [3.8, 4) is 0 Å². The van der Waals surface area contributed by atoms with Crippen LogP contribution in [0.3, 0.4) is 0 Å². The van der Waals surface area contributed by atoms with E-state index in [-0.39, 0.29) is 6.54 Å². The smallest absolute Gasteiger partial charge is 0.263 e. The number of amidine groups is 1. The number of nitrogens with zero attached hydrogens (tertiary/aromatic N) is 3. The van der Waals surface area contributed by atoms with Gasteiger partial charge in [0.15, 0.2) is 0 Å². The Morgan fingerprint density at radius 1 is 1.11 bits per heavy atom. The van der Waals surface area contributed by atoms with E-state index in [9.17, 15) is 13.2 Å². The number of halogens is 4. The summed E-state index contributed by atoms with van der Waals surface area (Å²) < 4.78 is 38.6. The maximum Gasteiger partial charge on any atom is 0.452 e. The first kappa shape index (κ1) is 17.2. The monoisotopic (exact) mass is 285 g/mol. The lowest BCUT2D eigenvalue weighted by atomic mass is 10.2. The van der Waals surface area contributed by atoms with E-state index in [2.05, 4.69) is 10.2 Å². The zero-order chi connectivity index (χ0) is 14.2. The van der Waals surface area contributed by atoms with Gasteiger partial charge in [0.1, 0.15) is 0 Å². The molecular formula is C11H19ClF3N3. The molecule has 18 heavy (non-hydrogen) atoms. The summed E-state index contributed by atoms with van der Waals surface area (Å²) in [6, 6.07) is 0. The summed E-state index contributed by atoms with van der Waals surface area (Å²) in [6.07, 6.45) is -1.15. The van der Waals surface area contributed by atoms with Crippen molar-refractivity contribution < 1.29 is 13.2 Å². The molecule has 7 heteroatoms. The second-order valence-corrected chi connectivity index (χ2v) is 4.52. The Morgan fingerprint density at radius 2 is 1.72 bits per heavy atom. The molecular weight excluding hydrogens is 267 g/mol. The fourth-order valence-electron chi connectivity index (χ4n) is 1.17. The minimum atomic E-state index is -4.59. The highest BCUT2D eigenvalue weighted by Gasteiger charge is 2.40. The van der Waals surface area contributed by atoms with Gasteiger partial charge in [-0.15, -0.1) is 5.10 Å². The van der Waals surface area contributed by atoms with Crippen LogP contribution in [0.1, 0.15) is 46.5 Å². The Morgan fingerprint density at radius 3 is 2.17 bits per heavy atom. The van der Waals surface area contributed by atoms with E-state index in [1.807, 2.05) is 6.92 Å². The molecule has 0 saturated heterocycles. The molecule has 0 aromatic rings. The maximum absolute atomic E-state index is 12.7. The molecule has 0 saturated carbocycles. The van der Waals surface area contributed by atoms with Crippen LogP contribution < -0.4 is 0 Å². The number of hydrogen-bond donors (Lipinski definition) is 0. The molecule has 106 valence electrons. The van der Waals surface area contributed by atoms with Gasteiger partial charge in [-0.25, -0.2) is 0 Å². The molecule has 0 fully saturated rings. The van der Waals surface area contributed by atoms with Gasteiger partial charge in [-0.3, -0.25) is 4.42 Å². The van der Waals surface area contributed by atoms with Crippen LogP contribution in [0.5, 0.6) is 0 Å². The van der Waals surface area contributed by atoms with E-state index in [1.54, 1.807) is 13.8 Å². The van der Waals surface area contributed by atoms with Gasteiger partial charge in [0, 0.05) is 24.0 Å². The average Bonchev–Trinajstić information content (AvgIpc) is 2.22. The van der Waals surface area contributed by atoms with E-state index in [4.69, 9.17) is 11.8 Å². The predicted octanol–water partition coefficient (Wildman–Crippen LogP) is 4.38. The largest absolute Gasteiger partial charge is 0.452 e. The first-order chi connectivity index (χ1) is 8.29. The van der Waals surface area contributed by atoms with Gasteiger partial charge in [0.05, 0.1) is 0 Å². The summed E-state index contributed by atoms with van der Waals surface area (Å²) in [5.41, 5.74) is 0.438. The van der Waals surface area contributed by atoms with Gasteiger partial charge >= 0.3 is 6.18 Å². The van der Waals surface area contributed by atoms with Crippen molar-refractivity contribution in [1.82, 2.24) is 4.42 Å². The zero-order valence-electron chi connectivity index (χ0n) is 10.9. The zero-order valence-corrected chi connectivity index (χ0v) is 11.6. The second-order valence-electron chi connectivity index (χ2n) is 4.11. The summed E-state index contributed by atoms with van der Waals surface area (Å²) in [5.74, 6) is -1.16. The Balaban J connectivity index is 4.58. The van der Waals surface area contributed by atoms with Gasteiger partial charge < -0.3 is 0 Å². The Bertz CT molecular complexity index is 296. The highest BCUT2D eigenvalue weighted by Crippen LogP contribution is 2.22. The third-order valence-electron chi connectivity index (χ3n) is 2.04. The number of hydrogen-bond acceptors (Lipinski definition) is 2. The molecule has 0 atom stereocenters. The van der Waals surface area contributed by atoms with Crippen LogP contribution in [0.4, 0.5) is 13.2 Å². The maximum atomic E-state index is 12.7. The van der Waals surface area contributed by atoms with Crippen LogP contribution in [-0.2, 0) is 0 Å². The lowest BCUT2D eigenvalue weighted by Crippen LogP contribution is -2.36. The molecule has 0 heterocycles. The molecule has 0 radical (unpaired) electrons. The van der Waals surface area contributed by atoms with Gasteiger partial charge in [-0.2, -0.15) is 18.3 Å². The second kappa shape index (κ2) is 8.34. The topological polar surface area (TPSA) is 28.0 Å². The summed E-state index contributed by atoms with van der Waals surface area (Å²) >= 11 is 5.61. The molecule has 0 aliphatic rings. The average molecular weight is 286 g/mol. The molecule has 0 unspecified atom stereocenters. The fraction of sp³-hybridized carbons (Fsp3) is 0.818. The van der Waals surface area contributed by atoms with Crippen molar-refractivity contribution in [1.29, 1.82) is 0 Å². The van der Waals surface area contributed by atoms with Gasteiger partial charge in [0.2, 0.25) is 5.84 Å². The Hall–Kier alpha value is -0.780. The van der Waals surface area contributed by atoms with Crippen LogP contribution in [0.15, 0.2) is 10.2 Å². The van der Waals surface area contributed by atoms with Crippen molar-refractivity contribution in [3.63, 3.8) is 0 Å². The van der Waals surface area contributed by atoms with Crippen molar-refractivity contribution >= 4 is 23.3 Å². The minimum Gasteiger partial charge on any atom is -0.263 e. The normalized spacial score (nSPS) is 12.5. The fourth-order valence-corrected chi connectivity index (χ4v) is 1.42. The molecule has 0 aromatic heterocycles. The molecule has 0 N–H and O–H groups in total. The predicted molar refractivity (Wildman–Crippen MR) is 69.0 cm³/mol. The first-order valence-corrected chi connectivity index (χ1v) is 6.22. The summed E-state index contributed by atoms with van der Waals surface area (Å²) in [6.45, 7) is 5.27. The number of rotatable bonds is 6. The number of unbranched alkanes of at least 4 members (excludes halogenated alkanes) is 3. The Kier molecular flexibility index (Phi) is 7.98. The van der Waals surface area contributed by atoms with Gasteiger partial charge in [0.25, 0.3) is 0 Å². The van der Waals surface area contributed by atoms with Crippen LogP contribution >= 0.6 is 11.8 Å². The quantitative estimate of drug-likeness (QED) is 0.234. The summed E-state index contributed by atoms with van der Waals surface area (Å²) in [5, 5.41) is 6.58. The van der Waals surface area contributed by atoms with E-state index < -0.39 is 12.0 Å². The number of alkyl halides is 3. The SMILES string of the molecule is CCCCCCN(Cl)/C(=N\N=C(C)C)C(F)(F)F. The summed E-state index contributed by atoms with van der Waals surface area (Å²) in [7, 11) is 0. The van der Waals surface area contributed by atoms with Crippen LogP contribution in [0.25, 0.3) is 0 Å². The molecule has 0 aromatic carbocycles. The van der Waals surface area contributed by atoms with Crippen molar-refractivity contribution in [3.05, 3.63) is 0 Å². The summed E-state index contributed by atoms with van der Waals surface area (Å²) in [4.78, 5) is 0. The molecule has 0 rings (SSSR count). The lowest BCUT2D eigenvalue weighted by molar-refractivity contribution is -0.0657. The standard InChI is InChI=1S/C11H19ClF3N3/c1-4-5-6-7-8-18(12)10(11(13,14)15)17-16-9(2)3/h4-8H2,1-3H3/b17-10-. The molecule has 0 aliphatic carbocycles. The van der Waals surface area contributed by atoms with Crippen LogP contribution in [0, 0.1) is 0 Å². The first-order valence-electron chi connectivity index (χ1n) is 5.88. The molecule has 0 amide bonds. The van der Waals surface area contributed by atoms with Crippen LogP contribution in [-0.4, -0.2) is 28.7 Å². The molecule has 3 nitrogen and oxygen atoms in total. The van der Waals surface area contributed by atoms with Crippen molar-refractivity contribution in [2.45, 2.75) is 52.6 Å². The van der Waals surface area contributed by atoms with Gasteiger partial charge in [-0.05, 0) is 20.3 Å². The highest BCUT2D eigenvalue weighted by molar-refractivity contribution is 6.23. The Labute approximate surface area is 111 Å². The van der Waals surface area contributed by atoms with E-state index in [0.717, 1.165) is 19.3 Å². The van der Waals surface area contributed by atoms with E-state index in [0.29, 0.717) is 16.6 Å². The third-order valence-corrected chi connectivity index (χ3v) is 2.37. The van der Waals surface area contributed by atoms with Crippen LogP contribution in [0.2, 0.25) is 0 Å². The van der Waals surface area contributed by atoms with E-state index >= 15 is 0 Å². The minimum absolute atomic E-state index is 0.109. The highest BCUT2D eigenvalue weighted by atomic mass is 35.5. The molecule has 0 aliphatic heterocycles. The van der Waals surface area contributed by atoms with Crippen molar-refractivity contribution in [2.75, 3.05) is 6.54 Å². The third kappa shape index (κ3) is 7.53.